The van der Waals surface area contributed by atoms with E-state index in [1.54, 1.807) is 23.9 Å². The minimum absolute atomic E-state index is 0.410. The Morgan fingerprint density at radius 3 is 2.55 bits per heavy atom. The van der Waals surface area contributed by atoms with Gasteiger partial charge in [0.15, 0.2) is 5.16 Å². The third-order valence-corrected chi connectivity index (χ3v) is 7.60. The molecule has 1 aliphatic heterocycles. The first-order valence-electron chi connectivity index (χ1n) is 11.5. The van der Waals surface area contributed by atoms with Crippen LogP contribution in [0.5, 0.6) is 0 Å². The van der Waals surface area contributed by atoms with Gasteiger partial charge < -0.3 is 14.5 Å². The Bertz CT molecular complexity index is 898. The lowest BCUT2D eigenvalue weighted by Crippen LogP contribution is -2.37. The van der Waals surface area contributed by atoms with E-state index < -0.39 is 11.7 Å². The van der Waals surface area contributed by atoms with Crippen molar-refractivity contribution in [2.75, 3.05) is 57.1 Å². The molecule has 0 spiro atoms. The maximum atomic E-state index is 12.7. The quantitative estimate of drug-likeness (QED) is 0.371. The summed E-state index contributed by atoms with van der Waals surface area (Å²) in [4.78, 5) is 4.56. The van der Waals surface area contributed by atoms with E-state index in [4.69, 9.17) is 4.74 Å². The molecule has 1 unspecified atom stereocenters. The first-order valence-corrected chi connectivity index (χ1v) is 12.5. The van der Waals surface area contributed by atoms with Gasteiger partial charge in [0.05, 0.1) is 18.8 Å². The number of rotatable bonds is 10. The van der Waals surface area contributed by atoms with Crippen LogP contribution in [0.15, 0.2) is 29.4 Å². The number of alkyl halides is 3. The van der Waals surface area contributed by atoms with Gasteiger partial charge in [-0.25, -0.2) is 0 Å². The number of benzene rings is 1. The molecule has 0 amide bonds. The second-order valence-corrected chi connectivity index (χ2v) is 10.0. The molecule has 1 saturated heterocycles. The van der Waals surface area contributed by atoms with Crippen molar-refractivity contribution < 1.29 is 17.9 Å². The van der Waals surface area contributed by atoms with Crippen molar-refractivity contribution in [1.29, 1.82) is 0 Å². The van der Waals surface area contributed by atoms with E-state index >= 15 is 0 Å². The van der Waals surface area contributed by atoms with Gasteiger partial charge in [-0.2, -0.15) is 13.2 Å². The van der Waals surface area contributed by atoms with Gasteiger partial charge in [0.1, 0.15) is 0 Å². The van der Waals surface area contributed by atoms with Gasteiger partial charge in [0.25, 0.3) is 0 Å². The molecule has 2 fully saturated rings. The number of morpholine rings is 1. The molecule has 4 rings (SSSR count). The lowest BCUT2D eigenvalue weighted by molar-refractivity contribution is -0.137. The molecule has 0 N–H and O–H groups in total. The number of hydrogen-bond donors (Lipinski definition) is 0. The van der Waals surface area contributed by atoms with Crippen LogP contribution in [0.3, 0.4) is 0 Å². The number of ether oxygens (including phenoxy) is 1. The van der Waals surface area contributed by atoms with Crippen LogP contribution in [0.4, 0.5) is 19.1 Å². The Balaban J connectivity index is 1.12. The average molecular weight is 484 g/mol. The van der Waals surface area contributed by atoms with Crippen LogP contribution in [0.2, 0.25) is 0 Å². The summed E-state index contributed by atoms with van der Waals surface area (Å²) in [6, 6.07) is 5.70. The van der Waals surface area contributed by atoms with Crippen molar-refractivity contribution in [3.63, 3.8) is 0 Å². The summed E-state index contributed by atoms with van der Waals surface area (Å²) in [5.41, 5.74) is 0.465. The minimum Gasteiger partial charge on any atom is -0.378 e. The Morgan fingerprint density at radius 1 is 1.12 bits per heavy atom. The number of nitrogens with zero attached hydrogens (tertiary/aromatic N) is 5. The monoisotopic (exact) mass is 483 g/mol. The van der Waals surface area contributed by atoms with Gasteiger partial charge >= 0.3 is 6.18 Å². The van der Waals surface area contributed by atoms with Crippen molar-refractivity contribution >= 4 is 17.7 Å². The van der Waals surface area contributed by atoms with E-state index in [0.717, 1.165) is 81.1 Å². The molecular formula is C23H32F3N5OS. The number of halogens is 3. The van der Waals surface area contributed by atoms with Gasteiger partial charge in [-0.3, -0.25) is 4.57 Å². The Kier molecular flexibility index (Phi) is 7.86. The van der Waals surface area contributed by atoms with Crippen molar-refractivity contribution in [1.82, 2.24) is 19.7 Å². The smallest absolute Gasteiger partial charge is 0.378 e. The highest BCUT2D eigenvalue weighted by Crippen LogP contribution is 2.49. The standard InChI is InChI=1S/C23H32F3N5OS/c1-29(10-8-18-16-20(18)17-4-6-19(7-5-17)23(24,25)26)9-3-15-33-22-28-27-21(30(22)2)31-11-13-32-14-12-31/h4-7,18,20H,3,8-16H2,1-2H3/t18?,20-/m0/s1. The van der Waals surface area contributed by atoms with Crippen LogP contribution >= 0.6 is 11.8 Å². The predicted molar refractivity (Wildman–Crippen MR) is 124 cm³/mol. The van der Waals surface area contributed by atoms with Crippen LogP contribution in [0.1, 0.15) is 36.3 Å². The zero-order valence-electron chi connectivity index (χ0n) is 19.2. The largest absolute Gasteiger partial charge is 0.416 e. The summed E-state index contributed by atoms with van der Waals surface area (Å²) in [5.74, 6) is 2.88. The van der Waals surface area contributed by atoms with Gasteiger partial charge in [0.2, 0.25) is 5.95 Å². The molecule has 2 heterocycles. The first-order chi connectivity index (χ1) is 15.8. The van der Waals surface area contributed by atoms with Crippen LogP contribution in [-0.4, -0.2) is 71.9 Å². The minimum atomic E-state index is -4.26. The highest BCUT2D eigenvalue weighted by atomic mass is 32.2. The molecule has 1 saturated carbocycles. The van der Waals surface area contributed by atoms with E-state index in [9.17, 15) is 13.2 Å². The first kappa shape index (κ1) is 24.3. The molecule has 1 aromatic heterocycles. The van der Waals surface area contributed by atoms with Gasteiger partial charge in [0, 0.05) is 25.9 Å². The average Bonchev–Trinajstić information content (AvgIpc) is 3.50. The number of anilines is 1. The molecule has 1 aliphatic carbocycles. The zero-order valence-corrected chi connectivity index (χ0v) is 20.0. The van der Waals surface area contributed by atoms with E-state index in [1.165, 1.54) is 12.1 Å². The third-order valence-electron chi connectivity index (χ3n) is 6.49. The molecule has 1 aromatic carbocycles. The molecule has 6 nitrogen and oxygen atoms in total. The Hall–Kier alpha value is -1.78. The summed E-state index contributed by atoms with van der Waals surface area (Å²) >= 11 is 1.74. The number of aromatic nitrogens is 3. The highest BCUT2D eigenvalue weighted by Gasteiger charge is 2.38. The van der Waals surface area contributed by atoms with Crippen molar-refractivity contribution in [3.05, 3.63) is 35.4 Å². The molecular weight excluding hydrogens is 451 g/mol. The predicted octanol–water partition coefficient (Wildman–Crippen LogP) is 4.28. The summed E-state index contributed by atoms with van der Waals surface area (Å²) in [5, 5.41) is 9.64. The number of hydrogen-bond acceptors (Lipinski definition) is 6. The summed E-state index contributed by atoms with van der Waals surface area (Å²) in [6.07, 6.45) is -1.04. The normalized spacial score (nSPS) is 21.1. The Labute approximate surface area is 197 Å². The molecule has 0 bridgehead atoms. The highest BCUT2D eigenvalue weighted by molar-refractivity contribution is 7.99. The van der Waals surface area contributed by atoms with Crippen molar-refractivity contribution in [3.8, 4) is 0 Å². The molecule has 10 heteroatoms. The summed E-state index contributed by atoms with van der Waals surface area (Å²) in [6.45, 7) is 5.18. The van der Waals surface area contributed by atoms with Crippen LogP contribution in [0, 0.1) is 5.92 Å². The van der Waals surface area contributed by atoms with Gasteiger partial charge in [-0.05, 0) is 68.9 Å². The lowest BCUT2D eigenvalue weighted by atomic mass is 10.1. The molecule has 0 radical (unpaired) electrons. The molecule has 33 heavy (non-hydrogen) atoms. The fourth-order valence-electron chi connectivity index (χ4n) is 4.36. The lowest BCUT2D eigenvalue weighted by Gasteiger charge is -2.27. The molecule has 182 valence electrons. The van der Waals surface area contributed by atoms with Crippen molar-refractivity contribution in [2.24, 2.45) is 13.0 Å². The molecule has 2 atom stereocenters. The number of thioether (sulfide) groups is 1. The zero-order chi connectivity index (χ0) is 23.4. The van der Waals surface area contributed by atoms with Crippen LogP contribution in [-0.2, 0) is 18.0 Å². The SMILES string of the molecule is CN(CCCSc1nnc(N2CCOCC2)n1C)CCC1C[C@H]1c1ccc(C(F)(F)F)cc1. The van der Waals surface area contributed by atoms with E-state index in [0.29, 0.717) is 11.8 Å². The maximum Gasteiger partial charge on any atom is 0.416 e. The van der Waals surface area contributed by atoms with Crippen LogP contribution in [0.25, 0.3) is 0 Å². The third kappa shape index (κ3) is 6.42. The van der Waals surface area contributed by atoms with E-state index in [1.807, 2.05) is 7.05 Å². The fourth-order valence-corrected chi connectivity index (χ4v) is 5.19. The molecule has 2 aromatic rings. The summed E-state index contributed by atoms with van der Waals surface area (Å²) < 4.78 is 45.6. The summed E-state index contributed by atoms with van der Waals surface area (Å²) in [7, 11) is 4.15. The second-order valence-electron chi connectivity index (χ2n) is 8.96. The Morgan fingerprint density at radius 2 is 1.85 bits per heavy atom. The molecule has 2 aliphatic rings. The fraction of sp³-hybridized carbons (Fsp3) is 0.652. The second kappa shape index (κ2) is 10.7. The van der Waals surface area contributed by atoms with Crippen molar-refractivity contribution in [2.45, 2.75) is 36.5 Å². The van der Waals surface area contributed by atoms with Crippen LogP contribution < -0.4 is 4.90 Å². The van der Waals surface area contributed by atoms with E-state index in [2.05, 4.69) is 31.6 Å². The van der Waals surface area contributed by atoms with E-state index in [-0.39, 0.29) is 0 Å². The van der Waals surface area contributed by atoms with Gasteiger partial charge in [-0.1, -0.05) is 23.9 Å². The maximum absolute atomic E-state index is 12.7. The van der Waals surface area contributed by atoms with Gasteiger partial charge in [-0.15, -0.1) is 10.2 Å². The topological polar surface area (TPSA) is 46.4 Å².